The molecule has 13 heavy (non-hydrogen) atoms. The van der Waals surface area contributed by atoms with Crippen LogP contribution < -0.4 is 10.5 Å². The van der Waals surface area contributed by atoms with E-state index in [1.54, 1.807) is 13.3 Å². The largest absolute Gasteiger partial charge is 0.475 e. The fourth-order valence-corrected chi connectivity index (χ4v) is 0.957. The number of aromatic nitrogens is 1. The molecule has 4 nitrogen and oxygen atoms in total. The summed E-state index contributed by atoms with van der Waals surface area (Å²) < 4.78 is 10.2. The summed E-state index contributed by atoms with van der Waals surface area (Å²) in [7, 11) is 1.63. The third kappa shape index (κ3) is 2.91. The van der Waals surface area contributed by atoms with E-state index in [0.717, 1.165) is 5.56 Å². The quantitative estimate of drug-likeness (QED) is 0.706. The standard InChI is InChI=1S/C9H14N2O2/c1-7-5-8(10)6-11-9(7)13-4-3-12-2/h5-6H,3-4,10H2,1-2H3. The van der Waals surface area contributed by atoms with Gasteiger partial charge in [-0.25, -0.2) is 4.98 Å². The van der Waals surface area contributed by atoms with Gasteiger partial charge in [-0.1, -0.05) is 0 Å². The number of rotatable bonds is 4. The van der Waals surface area contributed by atoms with E-state index < -0.39 is 0 Å². The van der Waals surface area contributed by atoms with Gasteiger partial charge in [-0.05, 0) is 13.0 Å². The molecular formula is C9H14N2O2. The average Bonchev–Trinajstić information content (AvgIpc) is 2.09. The molecule has 0 atom stereocenters. The molecule has 0 aromatic carbocycles. The Morgan fingerprint density at radius 2 is 2.23 bits per heavy atom. The lowest BCUT2D eigenvalue weighted by atomic mass is 10.3. The molecule has 0 aliphatic rings. The number of pyridine rings is 1. The molecule has 0 bridgehead atoms. The Balaban J connectivity index is 2.56. The summed E-state index contributed by atoms with van der Waals surface area (Å²) >= 11 is 0. The minimum absolute atomic E-state index is 0.508. The normalized spacial score (nSPS) is 10.0. The Bertz CT molecular complexity index is 276. The van der Waals surface area contributed by atoms with E-state index in [0.29, 0.717) is 24.8 Å². The van der Waals surface area contributed by atoms with E-state index in [9.17, 15) is 0 Å². The van der Waals surface area contributed by atoms with E-state index in [-0.39, 0.29) is 0 Å². The first-order valence-corrected chi connectivity index (χ1v) is 4.08. The summed E-state index contributed by atoms with van der Waals surface area (Å²) in [5.41, 5.74) is 7.13. The van der Waals surface area contributed by atoms with Crippen LogP contribution in [0, 0.1) is 6.92 Å². The van der Waals surface area contributed by atoms with E-state index in [4.69, 9.17) is 15.2 Å². The molecular weight excluding hydrogens is 168 g/mol. The summed E-state index contributed by atoms with van der Waals surface area (Å²) in [4.78, 5) is 4.05. The lowest BCUT2D eigenvalue weighted by molar-refractivity contribution is 0.143. The smallest absolute Gasteiger partial charge is 0.216 e. The monoisotopic (exact) mass is 182 g/mol. The molecule has 72 valence electrons. The molecule has 2 N–H and O–H groups in total. The molecule has 0 saturated heterocycles. The summed E-state index contributed by atoms with van der Waals surface area (Å²) in [6.45, 7) is 2.98. The third-order valence-corrected chi connectivity index (χ3v) is 1.58. The SMILES string of the molecule is COCCOc1ncc(N)cc1C. The number of ether oxygens (including phenoxy) is 2. The number of hydrogen-bond acceptors (Lipinski definition) is 4. The fourth-order valence-electron chi connectivity index (χ4n) is 0.957. The number of methoxy groups -OCH3 is 1. The minimum atomic E-state index is 0.508. The topological polar surface area (TPSA) is 57.4 Å². The van der Waals surface area contributed by atoms with Gasteiger partial charge in [0, 0.05) is 12.7 Å². The van der Waals surface area contributed by atoms with Crippen LogP contribution in [-0.2, 0) is 4.74 Å². The number of hydrogen-bond donors (Lipinski definition) is 1. The van der Waals surface area contributed by atoms with Crippen molar-refractivity contribution in [2.45, 2.75) is 6.92 Å². The van der Waals surface area contributed by atoms with Gasteiger partial charge in [0.25, 0.3) is 0 Å². The first kappa shape index (κ1) is 9.80. The van der Waals surface area contributed by atoms with Crippen molar-refractivity contribution >= 4 is 5.69 Å². The maximum Gasteiger partial charge on any atom is 0.216 e. The number of nitrogens with zero attached hydrogens (tertiary/aromatic N) is 1. The summed E-state index contributed by atoms with van der Waals surface area (Å²) in [6, 6.07) is 1.83. The van der Waals surface area contributed by atoms with Gasteiger partial charge < -0.3 is 15.2 Å². The Morgan fingerprint density at radius 1 is 1.46 bits per heavy atom. The van der Waals surface area contributed by atoms with Crippen molar-refractivity contribution in [2.24, 2.45) is 0 Å². The highest BCUT2D eigenvalue weighted by atomic mass is 16.5. The van der Waals surface area contributed by atoms with Gasteiger partial charge in [0.2, 0.25) is 5.88 Å². The highest BCUT2D eigenvalue weighted by molar-refractivity contribution is 5.41. The second-order valence-corrected chi connectivity index (χ2v) is 2.73. The molecule has 1 heterocycles. The maximum atomic E-state index is 5.54. The van der Waals surface area contributed by atoms with Crippen molar-refractivity contribution in [1.29, 1.82) is 0 Å². The van der Waals surface area contributed by atoms with Gasteiger partial charge in [-0.15, -0.1) is 0 Å². The van der Waals surface area contributed by atoms with Crippen LogP contribution in [0.2, 0.25) is 0 Å². The fraction of sp³-hybridized carbons (Fsp3) is 0.444. The number of nitrogen functional groups attached to an aromatic ring is 1. The molecule has 1 rings (SSSR count). The van der Waals surface area contributed by atoms with Crippen molar-refractivity contribution in [3.8, 4) is 5.88 Å². The molecule has 1 aromatic rings. The van der Waals surface area contributed by atoms with Crippen LogP contribution in [0.15, 0.2) is 12.3 Å². The maximum absolute atomic E-state index is 5.54. The Hall–Kier alpha value is -1.29. The van der Waals surface area contributed by atoms with Crippen LogP contribution in [0.4, 0.5) is 5.69 Å². The van der Waals surface area contributed by atoms with Gasteiger partial charge in [-0.3, -0.25) is 0 Å². The third-order valence-electron chi connectivity index (χ3n) is 1.58. The van der Waals surface area contributed by atoms with Crippen LogP contribution in [-0.4, -0.2) is 25.3 Å². The first-order chi connectivity index (χ1) is 6.24. The van der Waals surface area contributed by atoms with Crippen molar-refractivity contribution in [3.63, 3.8) is 0 Å². The molecule has 0 fully saturated rings. The Morgan fingerprint density at radius 3 is 2.85 bits per heavy atom. The number of nitrogens with two attached hydrogens (primary N) is 1. The van der Waals surface area contributed by atoms with E-state index in [1.807, 2.05) is 13.0 Å². The lowest BCUT2D eigenvalue weighted by Crippen LogP contribution is -2.06. The molecule has 0 aliphatic heterocycles. The molecule has 0 saturated carbocycles. The van der Waals surface area contributed by atoms with Crippen LogP contribution >= 0.6 is 0 Å². The summed E-state index contributed by atoms with van der Waals surface area (Å²) in [5.74, 6) is 0.617. The molecule has 0 radical (unpaired) electrons. The van der Waals surface area contributed by atoms with Gasteiger partial charge in [0.05, 0.1) is 18.5 Å². The molecule has 0 unspecified atom stereocenters. The van der Waals surface area contributed by atoms with E-state index >= 15 is 0 Å². The zero-order chi connectivity index (χ0) is 9.68. The molecule has 4 heteroatoms. The Kier molecular flexibility index (Phi) is 3.52. The predicted molar refractivity (Wildman–Crippen MR) is 50.8 cm³/mol. The summed E-state index contributed by atoms with van der Waals surface area (Å²) in [6.07, 6.45) is 1.58. The van der Waals surface area contributed by atoms with Crippen molar-refractivity contribution < 1.29 is 9.47 Å². The first-order valence-electron chi connectivity index (χ1n) is 4.08. The van der Waals surface area contributed by atoms with Crippen molar-refractivity contribution in [2.75, 3.05) is 26.1 Å². The summed E-state index contributed by atoms with van der Waals surface area (Å²) in [5, 5.41) is 0. The number of anilines is 1. The average molecular weight is 182 g/mol. The highest BCUT2D eigenvalue weighted by Gasteiger charge is 2.00. The van der Waals surface area contributed by atoms with Crippen LogP contribution in [0.1, 0.15) is 5.56 Å². The van der Waals surface area contributed by atoms with Gasteiger partial charge in [-0.2, -0.15) is 0 Å². The molecule has 0 spiro atoms. The van der Waals surface area contributed by atoms with Gasteiger partial charge in [0.15, 0.2) is 0 Å². The second kappa shape index (κ2) is 4.67. The van der Waals surface area contributed by atoms with Crippen molar-refractivity contribution in [3.05, 3.63) is 17.8 Å². The zero-order valence-electron chi connectivity index (χ0n) is 7.91. The lowest BCUT2D eigenvalue weighted by Gasteiger charge is -2.07. The van der Waals surface area contributed by atoms with Crippen LogP contribution in [0.3, 0.4) is 0 Å². The van der Waals surface area contributed by atoms with Gasteiger partial charge >= 0.3 is 0 Å². The van der Waals surface area contributed by atoms with E-state index in [1.165, 1.54) is 0 Å². The molecule has 1 aromatic heterocycles. The molecule has 0 amide bonds. The minimum Gasteiger partial charge on any atom is -0.475 e. The van der Waals surface area contributed by atoms with Gasteiger partial charge in [0.1, 0.15) is 6.61 Å². The zero-order valence-corrected chi connectivity index (χ0v) is 7.91. The van der Waals surface area contributed by atoms with Crippen LogP contribution in [0.25, 0.3) is 0 Å². The second-order valence-electron chi connectivity index (χ2n) is 2.73. The predicted octanol–water partition coefficient (Wildman–Crippen LogP) is 0.997. The highest BCUT2D eigenvalue weighted by Crippen LogP contribution is 2.15. The van der Waals surface area contributed by atoms with Crippen molar-refractivity contribution in [1.82, 2.24) is 4.98 Å². The van der Waals surface area contributed by atoms with Crippen LogP contribution in [0.5, 0.6) is 5.88 Å². The number of aryl methyl sites for hydroxylation is 1. The molecule has 0 aliphatic carbocycles. The van der Waals surface area contributed by atoms with E-state index in [2.05, 4.69) is 4.98 Å². The Labute approximate surface area is 77.7 Å².